The Labute approximate surface area is 77.3 Å². The molecule has 1 aromatic carbocycles. The van der Waals surface area contributed by atoms with Crippen molar-refractivity contribution < 1.29 is 4.74 Å². The highest BCUT2D eigenvalue weighted by molar-refractivity contribution is 6.18. The minimum Gasteiger partial charge on any atom is -0.497 e. The number of nitrogens with two attached hydrogens (primary N) is 1. The number of hydrogen-bond acceptors (Lipinski definition) is 2. The Kier molecular flexibility index (Phi) is 3.38. The van der Waals surface area contributed by atoms with Gasteiger partial charge in [0.15, 0.2) is 0 Å². The first-order chi connectivity index (χ1) is 5.77. The van der Waals surface area contributed by atoms with Crippen molar-refractivity contribution in [3.05, 3.63) is 29.8 Å². The maximum Gasteiger partial charge on any atom is 0.119 e. The molecule has 0 amide bonds. The van der Waals surface area contributed by atoms with Gasteiger partial charge in [0.1, 0.15) is 5.75 Å². The van der Waals surface area contributed by atoms with E-state index in [9.17, 15) is 0 Å². The van der Waals surface area contributed by atoms with E-state index in [1.54, 1.807) is 7.11 Å². The van der Waals surface area contributed by atoms with E-state index in [1.165, 1.54) is 0 Å². The molecule has 0 spiro atoms. The van der Waals surface area contributed by atoms with E-state index in [1.807, 2.05) is 24.3 Å². The highest BCUT2D eigenvalue weighted by Gasteiger charge is 2.03. The van der Waals surface area contributed by atoms with Crippen molar-refractivity contribution in [3.8, 4) is 5.75 Å². The first-order valence-electron chi connectivity index (χ1n) is 3.73. The summed E-state index contributed by atoms with van der Waals surface area (Å²) < 4.78 is 5.05. The predicted molar refractivity (Wildman–Crippen MR) is 50.6 cm³/mol. The van der Waals surface area contributed by atoms with E-state index in [-0.39, 0.29) is 6.04 Å². The molecule has 2 N–H and O–H groups in total. The summed E-state index contributed by atoms with van der Waals surface area (Å²) in [4.78, 5) is 0. The van der Waals surface area contributed by atoms with Crippen LogP contribution in [0.3, 0.4) is 0 Å². The second-order valence-electron chi connectivity index (χ2n) is 2.54. The van der Waals surface area contributed by atoms with Crippen LogP contribution in [-0.2, 0) is 0 Å². The van der Waals surface area contributed by atoms with Crippen LogP contribution in [0.1, 0.15) is 11.6 Å². The van der Waals surface area contributed by atoms with Crippen LogP contribution in [0.25, 0.3) is 0 Å². The highest BCUT2D eigenvalue weighted by atomic mass is 35.5. The van der Waals surface area contributed by atoms with Gasteiger partial charge in [-0.25, -0.2) is 0 Å². The molecule has 0 saturated heterocycles. The van der Waals surface area contributed by atoms with Crippen molar-refractivity contribution in [3.63, 3.8) is 0 Å². The SMILES string of the molecule is COc1cccc([C@@H](N)CCl)c1. The summed E-state index contributed by atoms with van der Waals surface area (Å²) in [5.41, 5.74) is 6.73. The zero-order chi connectivity index (χ0) is 8.97. The molecule has 12 heavy (non-hydrogen) atoms. The van der Waals surface area contributed by atoms with Crippen LogP contribution in [0.5, 0.6) is 5.75 Å². The second-order valence-corrected chi connectivity index (χ2v) is 2.85. The quantitative estimate of drug-likeness (QED) is 0.731. The van der Waals surface area contributed by atoms with Crippen LogP contribution >= 0.6 is 11.6 Å². The molecule has 0 aliphatic heterocycles. The number of ether oxygens (including phenoxy) is 1. The summed E-state index contributed by atoms with van der Waals surface area (Å²) in [5.74, 6) is 1.24. The number of hydrogen-bond donors (Lipinski definition) is 1. The predicted octanol–water partition coefficient (Wildman–Crippen LogP) is 1.93. The minimum atomic E-state index is -0.109. The summed E-state index contributed by atoms with van der Waals surface area (Å²) >= 11 is 5.62. The first-order valence-corrected chi connectivity index (χ1v) is 4.27. The topological polar surface area (TPSA) is 35.2 Å². The molecule has 0 aliphatic carbocycles. The molecule has 0 aliphatic rings. The Morgan fingerprint density at radius 3 is 2.92 bits per heavy atom. The number of methoxy groups -OCH3 is 1. The molecule has 2 nitrogen and oxygen atoms in total. The molecule has 66 valence electrons. The molecule has 0 unspecified atom stereocenters. The van der Waals surface area contributed by atoms with Crippen LogP contribution in [0.2, 0.25) is 0 Å². The van der Waals surface area contributed by atoms with Gasteiger partial charge in [-0.15, -0.1) is 11.6 Å². The van der Waals surface area contributed by atoms with Gasteiger partial charge in [-0.05, 0) is 17.7 Å². The fourth-order valence-electron chi connectivity index (χ4n) is 0.961. The molecule has 3 heteroatoms. The molecule has 1 rings (SSSR count). The van der Waals surface area contributed by atoms with Gasteiger partial charge in [0.05, 0.1) is 7.11 Å². The Morgan fingerprint density at radius 2 is 2.33 bits per heavy atom. The monoisotopic (exact) mass is 185 g/mol. The standard InChI is InChI=1S/C9H12ClNO/c1-12-8-4-2-3-7(5-8)9(11)6-10/h2-5,9H,6,11H2,1H3/t9-/m0/s1. The average molecular weight is 186 g/mol. The van der Waals surface area contributed by atoms with E-state index < -0.39 is 0 Å². The van der Waals surface area contributed by atoms with Crippen molar-refractivity contribution in [2.24, 2.45) is 5.73 Å². The summed E-state index contributed by atoms with van der Waals surface area (Å²) in [5, 5.41) is 0. The molecule has 1 atom stereocenters. The third kappa shape index (κ3) is 2.13. The molecule has 0 bridgehead atoms. The van der Waals surface area contributed by atoms with E-state index in [4.69, 9.17) is 22.1 Å². The van der Waals surface area contributed by atoms with Gasteiger partial charge in [-0.2, -0.15) is 0 Å². The molecule has 0 fully saturated rings. The van der Waals surface area contributed by atoms with Crippen LogP contribution in [0, 0.1) is 0 Å². The largest absolute Gasteiger partial charge is 0.497 e. The molecule has 0 heterocycles. The van der Waals surface area contributed by atoms with Crippen molar-refractivity contribution in [2.75, 3.05) is 13.0 Å². The van der Waals surface area contributed by atoms with Gasteiger partial charge in [-0.1, -0.05) is 12.1 Å². The highest BCUT2D eigenvalue weighted by Crippen LogP contribution is 2.17. The third-order valence-corrected chi connectivity index (χ3v) is 2.02. The first kappa shape index (κ1) is 9.36. The summed E-state index contributed by atoms with van der Waals surface area (Å²) in [6.45, 7) is 0. The molecule has 0 radical (unpaired) electrons. The number of rotatable bonds is 3. The van der Waals surface area contributed by atoms with Gasteiger partial charge in [0.2, 0.25) is 0 Å². The lowest BCUT2D eigenvalue weighted by molar-refractivity contribution is 0.414. The Bertz CT molecular complexity index is 252. The number of halogens is 1. The fourth-order valence-corrected chi connectivity index (χ4v) is 1.14. The average Bonchev–Trinajstić information content (AvgIpc) is 2.17. The van der Waals surface area contributed by atoms with Gasteiger partial charge in [0.25, 0.3) is 0 Å². The molecule has 0 aromatic heterocycles. The Hall–Kier alpha value is -0.730. The van der Waals surface area contributed by atoms with Crippen molar-refractivity contribution >= 4 is 11.6 Å². The molecule has 1 aromatic rings. The van der Waals surface area contributed by atoms with Crippen LogP contribution < -0.4 is 10.5 Å². The van der Waals surface area contributed by atoms with E-state index in [0.717, 1.165) is 11.3 Å². The Morgan fingerprint density at radius 1 is 1.58 bits per heavy atom. The maximum absolute atomic E-state index is 5.73. The van der Waals surface area contributed by atoms with Gasteiger partial charge < -0.3 is 10.5 Å². The molecular weight excluding hydrogens is 174 g/mol. The molecular formula is C9H12ClNO. The minimum absolute atomic E-state index is 0.109. The summed E-state index contributed by atoms with van der Waals surface area (Å²) in [7, 11) is 1.63. The van der Waals surface area contributed by atoms with Crippen LogP contribution in [0.4, 0.5) is 0 Å². The van der Waals surface area contributed by atoms with Gasteiger partial charge in [0, 0.05) is 11.9 Å². The number of benzene rings is 1. The van der Waals surface area contributed by atoms with E-state index in [2.05, 4.69) is 0 Å². The van der Waals surface area contributed by atoms with Crippen LogP contribution in [-0.4, -0.2) is 13.0 Å². The zero-order valence-corrected chi connectivity index (χ0v) is 7.71. The second kappa shape index (κ2) is 4.33. The molecule has 0 saturated carbocycles. The summed E-state index contributed by atoms with van der Waals surface area (Å²) in [6.07, 6.45) is 0. The fraction of sp³-hybridized carbons (Fsp3) is 0.333. The third-order valence-electron chi connectivity index (χ3n) is 1.69. The van der Waals surface area contributed by atoms with E-state index in [0.29, 0.717) is 5.88 Å². The lowest BCUT2D eigenvalue weighted by Crippen LogP contribution is -2.11. The smallest absolute Gasteiger partial charge is 0.119 e. The normalized spacial score (nSPS) is 12.6. The van der Waals surface area contributed by atoms with Crippen molar-refractivity contribution in [2.45, 2.75) is 6.04 Å². The summed E-state index contributed by atoms with van der Waals surface area (Å²) in [6, 6.07) is 7.51. The lowest BCUT2D eigenvalue weighted by Gasteiger charge is -2.08. The van der Waals surface area contributed by atoms with Crippen LogP contribution in [0.15, 0.2) is 24.3 Å². The van der Waals surface area contributed by atoms with Crippen molar-refractivity contribution in [1.29, 1.82) is 0 Å². The van der Waals surface area contributed by atoms with Gasteiger partial charge in [-0.3, -0.25) is 0 Å². The van der Waals surface area contributed by atoms with Gasteiger partial charge >= 0.3 is 0 Å². The number of alkyl halides is 1. The maximum atomic E-state index is 5.73. The Balaban J connectivity index is 2.86. The zero-order valence-electron chi connectivity index (χ0n) is 6.96. The van der Waals surface area contributed by atoms with E-state index >= 15 is 0 Å². The van der Waals surface area contributed by atoms with Crippen molar-refractivity contribution in [1.82, 2.24) is 0 Å². The lowest BCUT2D eigenvalue weighted by atomic mass is 10.1.